The van der Waals surface area contributed by atoms with Gasteiger partial charge in [-0.2, -0.15) is 13.6 Å². The molecule has 0 amide bonds. The predicted octanol–water partition coefficient (Wildman–Crippen LogP) is -1.63. The quantitative estimate of drug-likeness (QED) is 0.178. The van der Waals surface area contributed by atoms with Crippen LogP contribution >= 0.6 is 23.5 Å². The Bertz CT molecular complexity index is 1080. The summed E-state index contributed by atoms with van der Waals surface area (Å²) in [5, 5.41) is 23.2. The van der Waals surface area contributed by atoms with Crippen LogP contribution in [0.1, 0.15) is 11.9 Å². The number of aromatic nitrogens is 2. The van der Waals surface area contributed by atoms with Gasteiger partial charge in [0.25, 0.3) is 0 Å². The van der Waals surface area contributed by atoms with Gasteiger partial charge in [-0.25, -0.2) is 18.7 Å². The fourth-order valence-electron chi connectivity index (χ4n) is 2.79. The van der Waals surface area contributed by atoms with Crippen molar-refractivity contribution in [3.63, 3.8) is 0 Å². The molecule has 0 bridgehead atoms. The zero-order valence-corrected chi connectivity index (χ0v) is 18.3. The van der Waals surface area contributed by atoms with E-state index in [0.29, 0.717) is 5.70 Å². The number of hydrogen-bond acceptors (Lipinski definition) is 13. The van der Waals surface area contributed by atoms with Crippen LogP contribution in [0.15, 0.2) is 17.9 Å². The number of rotatable bonds is 8. The Kier molecular flexibility index (Phi) is 6.83. The van der Waals surface area contributed by atoms with Gasteiger partial charge in [0.15, 0.2) is 18.0 Å². The number of aliphatic hydroxyl groups excluding tert-OH is 2. The van der Waals surface area contributed by atoms with Crippen LogP contribution in [0, 0.1) is 0 Å². The zero-order chi connectivity index (χ0) is 24.1. The number of imidazole rings is 1. The lowest BCUT2D eigenvalue weighted by Crippen LogP contribution is -2.34. The third-order valence-corrected chi connectivity index (χ3v) is 7.79. The van der Waals surface area contributed by atoms with E-state index >= 15 is 0 Å². The van der Waals surface area contributed by atoms with E-state index in [4.69, 9.17) is 25.2 Å². The minimum Gasteiger partial charge on any atom is -0.387 e. The second-order valence-corrected chi connectivity index (χ2v) is 10.8. The Morgan fingerprint density at radius 1 is 1.16 bits per heavy atom. The smallest absolute Gasteiger partial charge is 0.387 e. The SMILES string of the molecule is C=C1NC(N)=Nc2c1ncn2C1OC(COP(=O)(O)OP(=O)(O)OP(=O)(O)O)C(O)C1O. The number of fused-ring (bicyclic) bond motifs is 1. The van der Waals surface area contributed by atoms with Gasteiger partial charge < -0.3 is 45.6 Å². The Morgan fingerprint density at radius 2 is 1.81 bits per heavy atom. The van der Waals surface area contributed by atoms with Crippen LogP contribution in [-0.2, 0) is 31.6 Å². The van der Waals surface area contributed by atoms with Crippen molar-refractivity contribution in [2.75, 3.05) is 6.61 Å². The van der Waals surface area contributed by atoms with E-state index in [-0.39, 0.29) is 17.5 Å². The first-order valence-corrected chi connectivity index (χ1v) is 12.8. The number of aliphatic imine (C=N–C) groups is 1. The van der Waals surface area contributed by atoms with Gasteiger partial charge in [-0.15, -0.1) is 0 Å². The molecule has 18 nitrogen and oxygen atoms in total. The molecule has 3 heterocycles. The van der Waals surface area contributed by atoms with Crippen molar-refractivity contribution < 1.29 is 61.4 Å². The minimum atomic E-state index is -5.71. The van der Waals surface area contributed by atoms with Crippen LogP contribution in [0.4, 0.5) is 5.82 Å². The molecule has 0 saturated carbocycles. The third kappa shape index (κ3) is 5.70. The maximum absolute atomic E-state index is 11.8. The molecule has 1 fully saturated rings. The Labute approximate surface area is 178 Å². The molecule has 3 rings (SSSR count). The molecule has 2 aliphatic rings. The summed E-state index contributed by atoms with van der Waals surface area (Å²) in [6.45, 7) is 2.74. The predicted molar refractivity (Wildman–Crippen MR) is 101 cm³/mol. The molecule has 0 aliphatic carbocycles. The van der Waals surface area contributed by atoms with Crippen molar-refractivity contribution in [2.45, 2.75) is 24.5 Å². The fourth-order valence-corrected chi connectivity index (χ4v) is 5.82. The van der Waals surface area contributed by atoms with E-state index in [1.165, 1.54) is 10.9 Å². The first-order valence-electron chi connectivity index (χ1n) is 8.26. The van der Waals surface area contributed by atoms with Gasteiger partial charge in [-0.05, 0) is 0 Å². The Morgan fingerprint density at radius 3 is 2.44 bits per heavy atom. The van der Waals surface area contributed by atoms with Gasteiger partial charge in [0.2, 0.25) is 0 Å². The molecule has 32 heavy (non-hydrogen) atoms. The van der Waals surface area contributed by atoms with Gasteiger partial charge >= 0.3 is 23.5 Å². The molecular formula is C11H18N5O13P3. The van der Waals surface area contributed by atoms with E-state index in [1.807, 2.05) is 0 Å². The molecular weight excluding hydrogens is 503 g/mol. The minimum absolute atomic E-state index is 0.0264. The molecule has 9 N–H and O–H groups in total. The summed E-state index contributed by atoms with van der Waals surface area (Å²) in [6.07, 6.45) is -4.85. The molecule has 1 saturated heterocycles. The monoisotopic (exact) mass is 521 g/mol. The lowest BCUT2D eigenvalue weighted by Gasteiger charge is -2.20. The van der Waals surface area contributed by atoms with Gasteiger partial charge in [0, 0.05) is 0 Å². The van der Waals surface area contributed by atoms with Crippen molar-refractivity contribution in [1.29, 1.82) is 0 Å². The lowest BCUT2D eigenvalue weighted by atomic mass is 10.1. The molecule has 1 aromatic rings. The summed E-state index contributed by atoms with van der Waals surface area (Å²) in [5.41, 5.74) is 6.22. The van der Waals surface area contributed by atoms with Crippen LogP contribution in [0.5, 0.6) is 0 Å². The normalized spacial score (nSPS) is 29.6. The highest BCUT2D eigenvalue weighted by Gasteiger charge is 2.47. The summed E-state index contributed by atoms with van der Waals surface area (Å²) in [4.78, 5) is 43.7. The van der Waals surface area contributed by atoms with Crippen molar-refractivity contribution in [3.8, 4) is 0 Å². The van der Waals surface area contributed by atoms with Crippen LogP contribution in [-0.4, -0.2) is 70.2 Å². The summed E-state index contributed by atoms with van der Waals surface area (Å²) in [5.74, 6) is 0.109. The average molecular weight is 521 g/mol. The molecule has 6 unspecified atom stereocenters. The second-order valence-electron chi connectivity index (χ2n) is 6.36. The summed E-state index contributed by atoms with van der Waals surface area (Å²) >= 11 is 0. The van der Waals surface area contributed by atoms with Crippen LogP contribution in [0.3, 0.4) is 0 Å². The highest BCUT2D eigenvalue weighted by molar-refractivity contribution is 7.66. The largest absolute Gasteiger partial charge is 0.490 e. The average Bonchev–Trinajstić information content (AvgIpc) is 3.12. The van der Waals surface area contributed by atoms with E-state index in [9.17, 15) is 28.8 Å². The number of phosphoric ester groups is 1. The first-order chi connectivity index (χ1) is 14.6. The van der Waals surface area contributed by atoms with Crippen LogP contribution in [0.2, 0.25) is 0 Å². The van der Waals surface area contributed by atoms with Crippen molar-refractivity contribution >= 4 is 40.9 Å². The van der Waals surface area contributed by atoms with Crippen molar-refractivity contribution in [3.05, 3.63) is 18.6 Å². The molecule has 1 aromatic heterocycles. The Hall–Kier alpha value is -1.49. The number of nitrogens with two attached hydrogens (primary N) is 1. The number of aliphatic hydroxyl groups is 2. The molecule has 0 radical (unpaired) electrons. The lowest BCUT2D eigenvalue weighted by molar-refractivity contribution is -0.0512. The Balaban J connectivity index is 1.69. The number of nitrogens with one attached hydrogen (secondary N) is 1. The molecule has 21 heteroatoms. The highest BCUT2D eigenvalue weighted by Crippen LogP contribution is 2.66. The molecule has 0 spiro atoms. The summed E-state index contributed by atoms with van der Waals surface area (Å²) in [6, 6.07) is 0. The standard InChI is InChI=1S/C11H18N5O13P3/c1-4-6-9(15-11(12)14-4)16(3-13-6)10-8(18)7(17)5(27-10)2-26-31(22,23)29-32(24,25)28-30(19,20)21/h3,5,7-8,10,17-18H,1-2H2,(H,22,23)(H,24,25)(H3,12,14,15)(H2,19,20,21). The van der Waals surface area contributed by atoms with Crippen molar-refractivity contribution in [2.24, 2.45) is 10.7 Å². The van der Waals surface area contributed by atoms with Gasteiger partial charge in [-0.3, -0.25) is 9.09 Å². The number of ether oxygens (including phenoxy) is 1. The molecule has 2 aliphatic heterocycles. The van der Waals surface area contributed by atoms with Crippen LogP contribution in [0.25, 0.3) is 5.70 Å². The second kappa shape index (κ2) is 8.70. The number of guanidine groups is 1. The number of nitrogens with zero attached hydrogens (tertiary/aromatic N) is 3. The van der Waals surface area contributed by atoms with E-state index < -0.39 is 54.6 Å². The number of phosphoric acid groups is 3. The molecule has 0 aromatic carbocycles. The third-order valence-electron chi connectivity index (χ3n) is 3.99. The first kappa shape index (κ1) is 25.1. The van der Waals surface area contributed by atoms with Gasteiger partial charge in [-0.1, -0.05) is 6.58 Å². The summed E-state index contributed by atoms with van der Waals surface area (Å²) in [7, 11) is -16.7. The maximum atomic E-state index is 11.8. The van der Waals surface area contributed by atoms with E-state index in [0.717, 1.165) is 0 Å². The summed E-state index contributed by atoms with van der Waals surface area (Å²) < 4.78 is 52.0. The topological polar surface area (TPSA) is 278 Å². The highest BCUT2D eigenvalue weighted by atomic mass is 31.3. The van der Waals surface area contributed by atoms with Crippen LogP contribution < -0.4 is 11.1 Å². The van der Waals surface area contributed by atoms with Crippen molar-refractivity contribution in [1.82, 2.24) is 14.9 Å². The van der Waals surface area contributed by atoms with Gasteiger partial charge in [0.1, 0.15) is 24.0 Å². The zero-order valence-electron chi connectivity index (χ0n) is 15.6. The molecule has 6 atom stereocenters. The van der Waals surface area contributed by atoms with E-state index in [1.54, 1.807) is 0 Å². The molecule has 180 valence electrons. The van der Waals surface area contributed by atoms with Gasteiger partial charge in [0.05, 0.1) is 18.6 Å². The maximum Gasteiger partial charge on any atom is 0.490 e. The number of hydrogen-bond donors (Lipinski definition) is 8. The van der Waals surface area contributed by atoms with E-state index in [2.05, 4.69) is 35.0 Å². The fraction of sp³-hybridized carbons (Fsp3) is 0.455.